The van der Waals surface area contributed by atoms with Gasteiger partial charge < -0.3 is 10.3 Å². The monoisotopic (exact) mass is 322 g/mol. The van der Waals surface area contributed by atoms with E-state index in [9.17, 15) is 0 Å². The van der Waals surface area contributed by atoms with Crippen LogP contribution in [-0.4, -0.2) is 15.1 Å². The van der Waals surface area contributed by atoms with E-state index in [1.165, 1.54) is 6.42 Å². The zero-order valence-electron chi connectivity index (χ0n) is 10.5. The highest BCUT2D eigenvalue weighted by Crippen LogP contribution is 2.33. The number of nitrogens with zero attached hydrogens (tertiary/aromatic N) is 3. The summed E-state index contributed by atoms with van der Waals surface area (Å²) < 4.78 is 6.21. The summed E-state index contributed by atoms with van der Waals surface area (Å²) in [6.45, 7) is 0. The van der Waals surface area contributed by atoms with E-state index in [-0.39, 0.29) is 0 Å². The molecule has 0 bridgehead atoms. The average Bonchev–Trinajstić information content (AvgIpc) is 2.91. The molecule has 1 fully saturated rings. The van der Waals surface area contributed by atoms with Gasteiger partial charge in [0.05, 0.1) is 5.54 Å². The molecule has 1 aliphatic carbocycles. The van der Waals surface area contributed by atoms with Crippen molar-refractivity contribution in [3.05, 3.63) is 28.6 Å². The molecular weight excluding hydrogens is 308 g/mol. The first-order chi connectivity index (χ1) is 9.17. The van der Waals surface area contributed by atoms with Gasteiger partial charge in [0.25, 0.3) is 5.89 Å². The SMILES string of the molecule is NC1(c2noc(-c3ccc(Br)cn3)n2)CCCCC1. The van der Waals surface area contributed by atoms with E-state index in [0.29, 0.717) is 17.4 Å². The summed E-state index contributed by atoms with van der Waals surface area (Å²) in [5.74, 6) is 1.03. The molecule has 0 amide bonds. The third-order valence-corrected chi connectivity index (χ3v) is 4.03. The van der Waals surface area contributed by atoms with E-state index in [4.69, 9.17) is 10.3 Å². The van der Waals surface area contributed by atoms with E-state index in [1.807, 2.05) is 12.1 Å². The Hall–Kier alpha value is -1.27. The molecule has 0 aliphatic heterocycles. The summed E-state index contributed by atoms with van der Waals surface area (Å²) in [7, 11) is 0. The van der Waals surface area contributed by atoms with Crippen LogP contribution in [0.5, 0.6) is 0 Å². The van der Waals surface area contributed by atoms with Crippen LogP contribution >= 0.6 is 15.9 Å². The van der Waals surface area contributed by atoms with Crippen molar-refractivity contribution >= 4 is 15.9 Å². The van der Waals surface area contributed by atoms with Gasteiger partial charge in [-0.1, -0.05) is 24.4 Å². The molecule has 3 rings (SSSR count). The van der Waals surface area contributed by atoms with Crippen LogP contribution in [0, 0.1) is 0 Å². The first kappa shape index (κ1) is 12.7. The molecule has 19 heavy (non-hydrogen) atoms. The summed E-state index contributed by atoms with van der Waals surface area (Å²) in [5, 5.41) is 4.05. The molecule has 2 heterocycles. The highest BCUT2D eigenvalue weighted by molar-refractivity contribution is 9.10. The number of halogens is 1. The predicted molar refractivity (Wildman–Crippen MR) is 74.2 cm³/mol. The van der Waals surface area contributed by atoms with Gasteiger partial charge in [0, 0.05) is 10.7 Å². The summed E-state index contributed by atoms with van der Waals surface area (Å²) in [6, 6.07) is 3.73. The second kappa shape index (κ2) is 5.02. The molecule has 6 heteroatoms. The van der Waals surface area contributed by atoms with Crippen LogP contribution in [0.4, 0.5) is 0 Å². The fraction of sp³-hybridized carbons (Fsp3) is 0.462. The van der Waals surface area contributed by atoms with E-state index in [1.54, 1.807) is 6.20 Å². The third-order valence-electron chi connectivity index (χ3n) is 3.56. The van der Waals surface area contributed by atoms with Crippen LogP contribution in [0.15, 0.2) is 27.3 Å². The number of pyridine rings is 1. The van der Waals surface area contributed by atoms with Crippen molar-refractivity contribution in [2.75, 3.05) is 0 Å². The standard InChI is InChI=1S/C13H15BrN4O/c14-9-4-5-10(16-8-9)11-17-12(18-19-11)13(15)6-2-1-3-7-13/h4-5,8H,1-3,6-7,15H2. The molecule has 2 aromatic rings. The second-order valence-electron chi connectivity index (χ2n) is 5.00. The van der Waals surface area contributed by atoms with Crippen LogP contribution in [0.2, 0.25) is 0 Å². The van der Waals surface area contributed by atoms with E-state index >= 15 is 0 Å². The highest BCUT2D eigenvalue weighted by atomic mass is 79.9. The first-order valence-electron chi connectivity index (χ1n) is 6.42. The molecule has 5 nitrogen and oxygen atoms in total. The predicted octanol–water partition coefficient (Wildman–Crippen LogP) is 3.01. The van der Waals surface area contributed by atoms with Crippen molar-refractivity contribution in [3.8, 4) is 11.6 Å². The molecule has 2 N–H and O–H groups in total. The quantitative estimate of drug-likeness (QED) is 0.919. The number of nitrogens with two attached hydrogens (primary N) is 1. The molecule has 2 aromatic heterocycles. The third kappa shape index (κ3) is 2.55. The van der Waals surface area contributed by atoms with Crippen LogP contribution in [0.1, 0.15) is 37.9 Å². The lowest BCUT2D eigenvalue weighted by Gasteiger charge is -2.29. The Morgan fingerprint density at radius 1 is 1.21 bits per heavy atom. The molecule has 100 valence electrons. The molecule has 0 aromatic carbocycles. The Labute approximate surface area is 119 Å². The lowest BCUT2D eigenvalue weighted by atomic mass is 9.82. The maximum atomic E-state index is 6.38. The Bertz CT molecular complexity index is 560. The summed E-state index contributed by atoms with van der Waals surface area (Å²) in [5.41, 5.74) is 6.62. The van der Waals surface area contributed by atoms with Gasteiger partial charge in [-0.05, 0) is 40.9 Å². The zero-order valence-corrected chi connectivity index (χ0v) is 12.1. The molecule has 1 aliphatic rings. The Kier molecular flexibility index (Phi) is 3.36. The number of rotatable bonds is 2. The Morgan fingerprint density at radius 3 is 2.68 bits per heavy atom. The molecular formula is C13H15BrN4O. The van der Waals surface area contributed by atoms with Crippen LogP contribution in [-0.2, 0) is 5.54 Å². The largest absolute Gasteiger partial charge is 0.332 e. The van der Waals surface area contributed by atoms with Crippen molar-refractivity contribution in [2.45, 2.75) is 37.6 Å². The van der Waals surface area contributed by atoms with Crippen molar-refractivity contribution in [3.63, 3.8) is 0 Å². The topological polar surface area (TPSA) is 77.8 Å². The van der Waals surface area contributed by atoms with Crippen molar-refractivity contribution < 1.29 is 4.52 Å². The fourth-order valence-electron chi connectivity index (χ4n) is 2.44. The van der Waals surface area contributed by atoms with Crippen LogP contribution in [0.25, 0.3) is 11.6 Å². The fourth-order valence-corrected chi connectivity index (χ4v) is 2.67. The summed E-state index contributed by atoms with van der Waals surface area (Å²) in [4.78, 5) is 8.67. The number of aromatic nitrogens is 3. The zero-order chi connectivity index (χ0) is 13.3. The lowest BCUT2D eigenvalue weighted by molar-refractivity contribution is 0.275. The Morgan fingerprint density at radius 2 is 2.00 bits per heavy atom. The van der Waals surface area contributed by atoms with Gasteiger partial charge in [-0.25, -0.2) is 4.98 Å². The van der Waals surface area contributed by atoms with Crippen LogP contribution in [0.3, 0.4) is 0 Å². The Balaban J connectivity index is 1.88. The van der Waals surface area contributed by atoms with Gasteiger partial charge in [0.1, 0.15) is 5.69 Å². The smallest absolute Gasteiger partial charge is 0.276 e. The van der Waals surface area contributed by atoms with Gasteiger partial charge in [0.2, 0.25) is 0 Å². The second-order valence-corrected chi connectivity index (χ2v) is 5.92. The highest BCUT2D eigenvalue weighted by Gasteiger charge is 2.34. The minimum atomic E-state index is -0.435. The summed E-state index contributed by atoms with van der Waals surface area (Å²) in [6.07, 6.45) is 7.02. The maximum absolute atomic E-state index is 6.38. The average molecular weight is 323 g/mol. The number of hydrogen-bond donors (Lipinski definition) is 1. The molecule has 1 saturated carbocycles. The van der Waals surface area contributed by atoms with E-state index in [2.05, 4.69) is 31.1 Å². The van der Waals surface area contributed by atoms with Gasteiger partial charge in [0.15, 0.2) is 5.82 Å². The lowest BCUT2D eigenvalue weighted by Crippen LogP contribution is -2.39. The minimum absolute atomic E-state index is 0.429. The van der Waals surface area contributed by atoms with Crippen molar-refractivity contribution in [2.24, 2.45) is 5.73 Å². The first-order valence-corrected chi connectivity index (χ1v) is 7.22. The molecule has 0 saturated heterocycles. The van der Waals surface area contributed by atoms with Crippen molar-refractivity contribution in [1.82, 2.24) is 15.1 Å². The van der Waals surface area contributed by atoms with E-state index in [0.717, 1.165) is 30.2 Å². The summed E-state index contributed by atoms with van der Waals surface area (Å²) >= 11 is 3.35. The minimum Gasteiger partial charge on any atom is -0.332 e. The number of hydrogen-bond acceptors (Lipinski definition) is 5. The maximum Gasteiger partial charge on any atom is 0.276 e. The van der Waals surface area contributed by atoms with Crippen molar-refractivity contribution in [1.29, 1.82) is 0 Å². The van der Waals surface area contributed by atoms with Crippen LogP contribution < -0.4 is 5.73 Å². The van der Waals surface area contributed by atoms with E-state index < -0.39 is 5.54 Å². The van der Waals surface area contributed by atoms with Gasteiger partial charge in [-0.3, -0.25) is 0 Å². The molecule has 0 atom stereocenters. The molecule has 0 radical (unpaired) electrons. The molecule has 0 spiro atoms. The van der Waals surface area contributed by atoms with Gasteiger partial charge >= 0.3 is 0 Å². The van der Waals surface area contributed by atoms with Gasteiger partial charge in [-0.2, -0.15) is 4.98 Å². The normalized spacial score (nSPS) is 18.4. The molecule has 0 unspecified atom stereocenters. The van der Waals surface area contributed by atoms with Gasteiger partial charge in [-0.15, -0.1) is 0 Å².